The van der Waals surface area contributed by atoms with E-state index in [0.29, 0.717) is 0 Å². The zero-order valence-corrected chi connectivity index (χ0v) is 8.02. The minimum atomic E-state index is -2.60. The standard InChI is InChI=1S/C9H18F2N2/c1-9(10,11)6-13-8-4-2-7(12)3-5-8/h7-8,13H,2-6,12H2,1H3. The number of nitrogens with one attached hydrogen (secondary N) is 1. The second-order valence-electron chi connectivity index (χ2n) is 4.06. The van der Waals surface area contributed by atoms with Gasteiger partial charge in [0.15, 0.2) is 0 Å². The lowest BCUT2D eigenvalue weighted by Gasteiger charge is -2.27. The Hall–Kier alpha value is -0.220. The third-order valence-electron chi connectivity index (χ3n) is 2.47. The summed E-state index contributed by atoms with van der Waals surface area (Å²) in [7, 11) is 0. The highest BCUT2D eigenvalue weighted by Crippen LogP contribution is 2.18. The quantitative estimate of drug-likeness (QED) is 0.711. The molecular formula is C9H18F2N2. The molecule has 0 bridgehead atoms. The molecule has 1 fully saturated rings. The van der Waals surface area contributed by atoms with E-state index in [-0.39, 0.29) is 18.6 Å². The fraction of sp³-hybridized carbons (Fsp3) is 1.00. The van der Waals surface area contributed by atoms with Crippen LogP contribution in [0.1, 0.15) is 32.6 Å². The molecule has 0 aliphatic heterocycles. The van der Waals surface area contributed by atoms with Gasteiger partial charge in [0.2, 0.25) is 0 Å². The third-order valence-corrected chi connectivity index (χ3v) is 2.47. The second-order valence-corrected chi connectivity index (χ2v) is 4.06. The lowest BCUT2D eigenvalue weighted by Crippen LogP contribution is -2.41. The molecule has 4 heteroatoms. The van der Waals surface area contributed by atoms with Crippen LogP contribution in [0.5, 0.6) is 0 Å². The van der Waals surface area contributed by atoms with E-state index in [2.05, 4.69) is 5.32 Å². The van der Waals surface area contributed by atoms with Gasteiger partial charge in [-0.15, -0.1) is 0 Å². The Labute approximate surface area is 77.9 Å². The Kier molecular flexibility index (Phi) is 3.62. The summed E-state index contributed by atoms with van der Waals surface area (Å²) < 4.78 is 24.9. The minimum absolute atomic E-state index is 0.215. The van der Waals surface area contributed by atoms with Gasteiger partial charge in [0.05, 0.1) is 6.54 Å². The lowest BCUT2D eigenvalue weighted by atomic mass is 9.92. The van der Waals surface area contributed by atoms with E-state index >= 15 is 0 Å². The summed E-state index contributed by atoms with van der Waals surface area (Å²) in [6.45, 7) is 0.724. The molecule has 1 aliphatic rings. The van der Waals surface area contributed by atoms with Crippen LogP contribution >= 0.6 is 0 Å². The van der Waals surface area contributed by atoms with Crippen LogP contribution in [0.15, 0.2) is 0 Å². The van der Waals surface area contributed by atoms with Crippen molar-refractivity contribution in [3.8, 4) is 0 Å². The molecule has 0 aromatic rings. The van der Waals surface area contributed by atoms with Gasteiger partial charge in [0.25, 0.3) is 5.92 Å². The van der Waals surface area contributed by atoms with Gasteiger partial charge in [-0.3, -0.25) is 0 Å². The molecule has 0 radical (unpaired) electrons. The number of hydrogen-bond donors (Lipinski definition) is 2. The average molecular weight is 192 g/mol. The number of hydrogen-bond acceptors (Lipinski definition) is 2. The van der Waals surface area contributed by atoms with Crippen molar-refractivity contribution in [1.29, 1.82) is 0 Å². The van der Waals surface area contributed by atoms with E-state index in [1.54, 1.807) is 0 Å². The lowest BCUT2D eigenvalue weighted by molar-refractivity contribution is 0.0185. The van der Waals surface area contributed by atoms with Crippen molar-refractivity contribution in [2.24, 2.45) is 5.73 Å². The first-order chi connectivity index (χ1) is 5.97. The predicted octanol–water partition coefficient (Wildman–Crippen LogP) is 1.50. The molecule has 1 saturated carbocycles. The number of nitrogens with two attached hydrogens (primary N) is 1. The molecule has 0 aromatic heterocycles. The van der Waals surface area contributed by atoms with Crippen molar-refractivity contribution in [3.63, 3.8) is 0 Å². The van der Waals surface area contributed by atoms with Crippen LogP contribution in [-0.4, -0.2) is 24.6 Å². The minimum Gasteiger partial charge on any atom is -0.328 e. The van der Waals surface area contributed by atoms with Crippen LogP contribution in [0, 0.1) is 0 Å². The number of halogens is 2. The Morgan fingerprint density at radius 3 is 2.31 bits per heavy atom. The van der Waals surface area contributed by atoms with Crippen molar-refractivity contribution in [1.82, 2.24) is 5.32 Å². The van der Waals surface area contributed by atoms with E-state index in [4.69, 9.17) is 5.73 Å². The Morgan fingerprint density at radius 2 is 1.85 bits per heavy atom. The van der Waals surface area contributed by atoms with Gasteiger partial charge in [0.1, 0.15) is 0 Å². The molecule has 0 amide bonds. The Balaban J connectivity index is 2.16. The first-order valence-electron chi connectivity index (χ1n) is 4.84. The van der Waals surface area contributed by atoms with Crippen molar-refractivity contribution in [3.05, 3.63) is 0 Å². The molecule has 0 heterocycles. The molecule has 0 unspecified atom stereocenters. The van der Waals surface area contributed by atoms with Crippen LogP contribution < -0.4 is 11.1 Å². The number of rotatable bonds is 3. The van der Waals surface area contributed by atoms with E-state index in [0.717, 1.165) is 32.6 Å². The SMILES string of the molecule is CC(F)(F)CNC1CCC(N)CC1. The second kappa shape index (κ2) is 4.33. The van der Waals surface area contributed by atoms with Crippen LogP contribution in [0.25, 0.3) is 0 Å². The molecule has 1 rings (SSSR count). The maximum atomic E-state index is 12.5. The monoisotopic (exact) mass is 192 g/mol. The highest BCUT2D eigenvalue weighted by molar-refractivity contribution is 4.80. The van der Waals surface area contributed by atoms with Crippen molar-refractivity contribution in [2.75, 3.05) is 6.54 Å². The van der Waals surface area contributed by atoms with Crippen molar-refractivity contribution < 1.29 is 8.78 Å². The topological polar surface area (TPSA) is 38.0 Å². The Bertz CT molecular complexity index is 148. The van der Waals surface area contributed by atoms with Gasteiger partial charge >= 0.3 is 0 Å². The summed E-state index contributed by atoms with van der Waals surface area (Å²) in [5, 5.41) is 2.88. The molecule has 1 aliphatic carbocycles. The first kappa shape index (κ1) is 10.9. The highest BCUT2D eigenvalue weighted by atomic mass is 19.3. The van der Waals surface area contributed by atoms with E-state index in [1.807, 2.05) is 0 Å². The highest BCUT2D eigenvalue weighted by Gasteiger charge is 2.24. The maximum absolute atomic E-state index is 12.5. The van der Waals surface area contributed by atoms with E-state index < -0.39 is 5.92 Å². The molecule has 0 spiro atoms. The third kappa shape index (κ3) is 4.52. The van der Waals surface area contributed by atoms with Gasteiger partial charge in [-0.25, -0.2) is 8.78 Å². The molecule has 0 aromatic carbocycles. The summed E-state index contributed by atoms with van der Waals surface area (Å²) in [5.74, 6) is -2.60. The molecule has 13 heavy (non-hydrogen) atoms. The number of alkyl halides is 2. The van der Waals surface area contributed by atoms with Crippen LogP contribution in [0.3, 0.4) is 0 Å². The normalized spacial score (nSPS) is 30.5. The van der Waals surface area contributed by atoms with Gasteiger partial charge in [0, 0.05) is 19.0 Å². The predicted molar refractivity (Wildman–Crippen MR) is 48.9 cm³/mol. The van der Waals surface area contributed by atoms with E-state index in [1.165, 1.54) is 0 Å². The van der Waals surface area contributed by atoms with Crippen LogP contribution in [-0.2, 0) is 0 Å². The molecule has 78 valence electrons. The zero-order chi connectivity index (χ0) is 9.90. The van der Waals surface area contributed by atoms with Gasteiger partial charge in [-0.2, -0.15) is 0 Å². The molecule has 0 saturated heterocycles. The van der Waals surface area contributed by atoms with Crippen molar-refractivity contribution in [2.45, 2.75) is 50.6 Å². The molecule has 2 nitrogen and oxygen atoms in total. The largest absolute Gasteiger partial charge is 0.328 e. The fourth-order valence-corrected chi connectivity index (χ4v) is 1.65. The zero-order valence-electron chi connectivity index (χ0n) is 8.02. The summed E-state index contributed by atoms with van der Waals surface area (Å²) in [6, 6.07) is 0.519. The summed E-state index contributed by atoms with van der Waals surface area (Å²) in [5.41, 5.74) is 5.70. The van der Waals surface area contributed by atoms with E-state index in [9.17, 15) is 8.78 Å². The molecule has 0 atom stereocenters. The Morgan fingerprint density at radius 1 is 1.31 bits per heavy atom. The fourth-order valence-electron chi connectivity index (χ4n) is 1.65. The molecular weight excluding hydrogens is 174 g/mol. The summed E-state index contributed by atoms with van der Waals surface area (Å²) in [4.78, 5) is 0. The molecule has 3 N–H and O–H groups in total. The van der Waals surface area contributed by atoms with Crippen LogP contribution in [0.4, 0.5) is 8.78 Å². The smallest absolute Gasteiger partial charge is 0.257 e. The maximum Gasteiger partial charge on any atom is 0.257 e. The first-order valence-corrected chi connectivity index (χ1v) is 4.84. The van der Waals surface area contributed by atoms with Crippen LogP contribution in [0.2, 0.25) is 0 Å². The summed E-state index contributed by atoms with van der Waals surface area (Å²) >= 11 is 0. The summed E-state index contributed by atoms with van der Waals surface area (Å²) in [6.07, 6.45) is 3.76. The van der Waals surface area contributed by atoms with Gasteiger partial charge in [-0.05, 0) is 25.7 Å². The average Bonchev–Trinajstić information content (AvgIpc) is 2.02. The van der Waals surface area contributed by atoms with Gasteiger partial charge in [-0.1, -0.05) is 0 Å². The van der Waals surface area contributed by atoms with Gasteiger partial charge < -0.3 is 11.1 Å². The van der Waals surface area contributed by atoms with Crippen molar-refractivity contribution >= 4 is 0 Å².